The summed E-state index contributed by atoms with van der Waals surface area (Å²) in [4.78, 5) is 4.39. The van der Waals surface area contributed by atoms with Crippen molar-refractivity contribution in [2.75, 3.05) is 5.73 Å². The first kappa shape index (κ1) is 13.5. The van der Waals surface area contributed by atoms with Crippen molar-refractivity contribution in [1.29, 1.82) is 0 Å². The maximum Gasteiger partial charge on any atom is 0.131 e. The van der Waals surface area contributed by atoms with Crippen molar-refractivity contribution in [2.24, 2.45) is 0 Å². The number of imidazole rings is 1. The van der Waals surface area contributed by atoms with Crippen molar-refractivity contribution in [3.05, 3.63) is 30.6 Å². The van der Waals surface area contributed by atoms with Gasteiger partial charge in [-0.05, 0) is 44.5 Å². The van der Waals surface area contributed by atoms with Crippen molar-refractivity contribution in [3.8, 4) is 17.0 Å². The minimum atomic E-state index is 0.180. The molecular weight excluding hydrogens is 238 g/mol. The average molecular weight is 259 g/mol. The Kier molecular flexibility index (Phi) is 4.10. The van der Waals surface area contributed by atoms with E-state index < -0.39 is 0 Å². The van der Waals surface area contributed by atoms with Gasteiger partial charge in [-0.25, -0.2) is 4.98 Å². The van der Waals surface area contributed by atoms with Crippen molar-refractivity contribution in [2.45, 2.75) is 39.8 Å². The Hall–Kier alpha value is -1.97. The molecule has 1 heterocycles. The lowest BCUT2D eigenvalue weighted by atomic mass is 10.1. The second kappa shape index (κ2) is 5.78. The first-order valence-electron chi connectivity index (χ1n) is 6.69. The van der Waals surface area contributed by atoms with Gasteiger partial charge in [-0.1, -0.05) is 6.92 Å². The molecule has 0 saturated heterocycles. The molecule has 102 valence electrons. The van der Waals surface area contributed by atoms with Crippen LogP contribution in [0.15, 0.2) is 30.6 Å². The number of nitrogens with two attached hydrogens (primary N) is 1. The third-order valence-electron chi connectivity index (χ3n) is 2.84. The van der Waals surface area contributed by atoms with E-state index in [1.807, 2.05) is 42.7 Å². The van der Waals surface area contributed by atoms with Crippen LogP contribution in [-0.2, 0) is 6.54 Å². The van der Waals surface area contributed by atoms with E-state index in [9.17, 15) is 0 Å². The number of aromatic nitrogens is 2. The fraction of sp³-hybridized carbons (Fsp3) is 0.400. The van der Waals surface area contributed by atoms with Crippen LogP contribution in [0.5, 0.6) is 5.75 Å². The van der Waals surface area contributed by atoms with E-state index >= 15 is 0 Å². The van der Waals surface area contributed by atoms with Gasteiger partial charge in [-0.3, -0.25) is 0 Å². The number of hydrogen-bond donors (Lipinski definition) is 1. The van der Waals surface area contributed by atoms with Gasteiger partial charge in [0.2, 0.25) is 0 Å². The fourth-order valence-electron chi connectivity index (χ4n) is 2.00. The molecule has 0 aliphatic heterocycles. The normalized spacial score (nSPS) is 10.9. The van der Waals surface area contributed by atoms with Crippen LogP contribution in [0.1, 0.15) is 27.2 Å². The summed E-state index contributed by atoms with van der Waals surface area (Å²) >= 11 is 0. The maximum absolute atomic E-state index is 6.11. The molecule has 4 nitrogen and oxygen atoms in total. The number of nitrogen functional groups attached to an aromatic ring is 1. The zero-order chi connectivity index (χ0) is 13.8. The Morgan fingerprint density at radius 3 is 2.53 bits per heavy atom. The molecule has 0 bridgehead atoms. The van der Waals surface area contributed by atoms with Gasteiger partial charge in [-0.2, -0.15) is 0 Å². The van der Waals surface area contributed by atoms with Crippen LogP contribution in [0, 0.1) is 0 Å². The molecule has 0 aliphatic rings. The van der Waals surface area contributed by atoms with E-state index in [4.69, 9.17) is 10.5 Å². The summed E-state index contributed by atoms with van der Waals surface area (Å²) in [5.41, 5.74) is 7.96. The first-order chi connectivity index (χ1) is 9.11. The van der Waals surface area contributed by atoms with Gasteiger partial charge in [0.25, 0.3) is 0 Å². The van der Waals surface area contributed by atoms with Crippen LogP contribution in [0.25, 0.3) is 11.3 Å². The van der Waals surface area contributed by atoms with Crippen LogP contribution in [0.2, 0.25) is 0 Å². The van der Waals surface area contributed by atoms with Crippen molar-refractivity contribution in [3.63, 3.8) is 0 Å². The summed E-state index contributed by atoms with van der Waals surface area (Å²) in [5.74, 6) is 1.59. The summed E-state index contributed by atoms with van der Waals surface area (Å²) in [6, 6.07) is 7.89. The monoisotopic (exact) mass is 259 g/mol. The predicted molar refractivity (Wildman–Crippen MR) is 78.1 cm³/mol. The molecule has 0 aliphatic carbocycles. The lowest BCUT2D eigenvalue weighted by molar-refractivity contribution is 0.242. The van der Waals surface area contributed by atoms with Gasteiger partial charge >= 0.3 is 0 Å². The second-order valence-corrected chi connectivity index (χ2v) is 4.86. The Labute approximate surface area is 114 Å². The lowest BCUT2D eigenvalue weighted by Crippen LogP contribution is -2.05. The molecule has 0 fully saturated rings. The topological polar surface area (TPSA) is 53.1 Å². The number of rotatable bonds is 5. The largest absolute Gasteiger partial charge is 0.491 e. The van der Waals surface area contributed by atoms with Gasteiger partial charge in [-0.15, -0.1) is 0 Å². The standard InChI is InChI=1S/C15H21N3O/c1-4-9-18-10-17-14(15(18)16)12-5-7-13(8-6-12)19-11(2)3/h5-8,10-11H,4,9,16H2,1-3H3. The molecule has 1 aromatic carbocycles. The van der Waals surface area contributed by atoms with E-state index in [1.54, 1.807) is 6.33 Å². The number of ether oxygens (including phenoxy) is 1. The van der Waals surface area contributed by atoms with E-state index in [2.05, 4.69) is 11.9 Å². The molecule has 19 heavy (non-hydrogen) atoms. The molecule has 0 spiro atoms. The first-order valence-corrected chi connectivity index (χ1v) is 6.69. The summed E-state index contributed by atoms with van der Waals surface area (Å²) < 4.78 is 7.60. The van der Waals surface area contributed by atoms with Gasteiger partial charge in [0, 0.05) is 12.1 Å². The van der Waals surface area contributed by atoms with Crippen molar-refractivity contribution < 1.29 is 4.74 Å². The number of benzene rings is 1. The van der Waals surface area contributed by atoms with E-state index in [-0.39, 0.29) is 6.10 Å². The van der Waals surface area contributed by atoms with E-state index in [0.29, 0.717) is 0 Å². The number of aryl methyl sites for hydroxylation is 1. The Morgan fingerprint density at radius 1 is 1.26 bits per heavy atom. The fourth-order valence-corrected chi connectivity index (χ4v) is 2.00. The zero-order valence-corrected chi connectivity index (χ0v) is 11.8. The summed E-state index contributed by atoms with van der Waals surface area (Å²) in [6.45, 7) is 7.04. The molecular formula is C15H21N3O. The number of nitrogens with zero attached hydrogens (tertiary/aromatic N) is 2. The maximum atomic E-state index is 6.11. The highest BCUT2D eigenvalue weighted by Gasteiger charge is 2.09. The molecule has 0 unspecified atom stereocenters. The van der Waals surface area contributed by atoms with Gasteiger partial charge < -0.3 is 15.0 Å². The molecule has 2 rings (SSSR count). The number of anilines is 1. The van der Waals surface area contributed by atoms with Crippen LogP contribution >= 0.6 is 0 Å². The second-order valence-electron chi connectivity index (χ2n) is 4.86. The molecule has 0 amide bonds. The zero-order valence-electron chi connectivity index (χ0n) is 11.8. The van der Waals surface area contributed by atoms with Crippen LogP contribution in [-0.4, -0.2) is 15.7 Å². The molecule has 4 heteroatoms. The minimum absolute atomic E-state index is 0.180. The van der Waals surface area contributed by atoms with Gasteiger partial charge in [0.1, 0.15) is 17.3 Å². The van der Waals surface area contributed by atoms with Crippen molar-refractivity contribution >= 4 is 5.82 Å². The highest BCUT2D eigenvalue weighted by Crippen LogP contribution is 2.26. The average Bonchev–Trinajstić information content (AvgIpc) is 2.72. The van der Waals surface area contributed by atoms with E-state index in [0.717, 1.165) is 35.8 Å². The molecule has 2 N–H and O–H groups in total. The highest BCUT2D eigenvalue weighted by atomic mass is 16.5. The lowest BCUT2D eigenvalue weighted by Gasteiger charge is -2.10. The highest BCUT2D eigenvalue weighted by molar-refractivity contribution is 5.70. The molecule has 2 aromatic rings. The molecule has 0 radical (unpaired) electrons. The SMILES string of the molecule is CCCn1cnc(-c2ccc(OC(C)C)cc2)c1N. The predicted octanol–water partition coefficient (Wildman–Crippen LogP) is 3.33. The van der Waals surface area contributed by atoms with Crippen LogP contribution in [0.3, 0.4) is 0 Å². The Bertz CT molecular complexity index is 529. The summed E-state index contributed by atoms with van der Waals surface area (Å²) in [5, 5.41) is 0. The van der Waals surface area contributed by atoms with Gasteiger partial charge in [0.05, 0.1) is 12.4 Å². The molecule has 1 aromatic heterocycles. The van der Waals surface area contributed by atoms with Gasteiger partial charge in [0.15, 0.2) is 0 Å². The van der Waals surface area contributed by atoms with Crippen LogP contribution in [0.4, 0.5) is 5.82 Å². The number of hydrogen-bond acceptors (Lipinski definition) is 3. The smallest absolute Gasteiger partial charge is 0.131 e. The molecule has 0 atom stereocenters. The molecule has 0 saturated carbocycles. The minimum Gasteiger partial charge on any atom is -0.491 e. The van der Waals surface area contributed by atoms with Crippen molar-refractivity contribution in [1.82, 2.24) is 9.55 Å². The third kappa shape index (κ3) is 3.08. The summed E-state index contributed by atoms with van der Waals surface area (Å²) in [7, 11) is 0. The van der Waals surface area contributed by atoms with E-state index in [1.165, 1.54) is 0 Å². The third-order valence-corrected chi connectivity index (χ3v) is 2.84. The quantitative estimate of drug-likeness (QED) is 0.896. The Balaban J connectivity index is 2.22. The summed E-state index contributed by atoms with van der Waals surface area (Å²) in [6.07, 6.45) is 3.02. The Morgan fingerprint density at radius 2 is 1.95 bits per heavy atom. The van der Waals surface area contributed by atoms with Crippen LogP contribution < -0.4 is 10.5 Å².